The normalized spacial score (nSPS) is 24.4. The topological polar surface area (TPSA) is 46.2 Å². The summed E-state index contributed by atoms with van der Waals surface area (Å²) in [7, 11) is 0. The molecule has 3 rings (SSSR count). The lowest BCUT2D eigenvalue weighted by Crippen LogP contribution is -2.46. The number of hydrogen-bond donors (Lipinski definition) is 1. The number of carbonyl (C=O) groups is 2. The first kappa shape index (κ1) is 15.5. The molecule has 1 aliphatic carbocycles. The molecule has 1 saturated heterocycles. The van der Waals surface area contributed by atoms with Crippen LogP contribution in [0.4, 0.5) is 0 Å². The molecule has 1 spiro atoms. The van der Waals surface area contributed by atoms with Gasteiger partial charge in [-0.05, 0) is 36.5 Å². The number of rotatable bonds is 2. The molecule has 1 atom stereocenters. The Balaban J connectivity index is 1.94. The quantitative estimate of drug-likeness (QED) is 0.843. The predicted molar refractivity (Wildman–Crippen MR) is 87.2 cm³/mol. The largest absolute Gasteiger partial charge is 0.343 e. The number of Topliss-reactive ketones (excluding diaryl/α,β-unsaturated/α-hetero) is 1. The summed E-state index contributed by atoms with van der Waals surface area (Å²) in [6, 6.07) is 5.68. The minimum absolute atomic E-state index is 0.0190. The minimum Gasteiger partial charge on any atom is -0.343 e. The van der Waals surface area contributed by atoms with Crippen molar-refractivity contribution in [3.8, 4) is 0 Å². The number of carbonyl (C=O) groups excluding carboxylic acids is 2. The van der Waals surface area contributed by atoms with Crippen LogP contribution in [0.3, 0.4) is 0 Å². The highest BCUT2D eigenvalue weighted by atomic mass is 35.5. The average Bonchev–Trinajstić information content (AvgIpc) is 2.68. The van der Waals surface area contributed by atoms with Crippen LogP contribution < -0.4 is 5.32 Å². The van der Waals surface area contributed by atoms with Crippen LogP contribution in [0.25, 0.3) is 0 Å². The molecule has 0 bridgehead atoms. The first-order valence-corrected chi connectivity index (χ1v) is 8.60. The van der Waals surface area contributed by atoms with Gasteiger partial charge in [-0.15, -0.1) is 0 Å². The van der Waals surface area contributed by atoms with Gasteiger partial charge in [0, 0.05) is 5.02 Å². The fourth-order valence-corrected chi connectivity index (χ4v) is 4.09. The van der Waals surface area contributed by atoms with Crippen molar-refractivity contribution in [2.24, 2.45) is 0 Å². The zero-order chi connectivity index (χ0) is 15.7. The molecule has 1 heterocycles. The van der Waals surface area contributed by atoms with Crippen molar-refractivity contribution in [1.82, 2.24) is 5.32 Å². The number of amides is 1. The lowest BCUT2D eigenvalue weighted by atomic mass is 9.82. The number of halogens is 1. The van der Waals surface area contributed by atoms with Crippen LogP contribution in [-0.2, 0) is 16.0 Å². The minimum atomic E-state index is -0.739. The average molecular weight is 320 g/mol. The zero-order valence-corrected chi connectivity index (χ0v) is 13.7. The predicted octanol–water partition coefficient (Wildman–Crippen LogP) is 3.78. The van der Waals surface area contributed by atoms with E-state index in [2.05, 4.69) is 12.2 Å². The maximum atomic E-state index is 13.0. The van der Waals surface area contributed by atoms with E-state index in [1.54, 1.807) is 0 Å². The molecule has 1 aromatic carbocycles. The van der Waals surface area contributed by atoms with E-state index < -0.39 is 11.5 Å². The number of nitrogens with one attached hydrogen (secondary N) is 1. The molecule has 1 amide bonds. The van der Waals surface area contributed by atoms with Crippen LogP contribution in [-0.4, -0.2) is 17.2 Å². The van der Waals surface area contributed by atoms with Gasteiger partial charge in [0.15, 0.2) is 5.78 Å². The second-order valence-corrected chi connectivity index (χ2v) is 6.90. The summed E-state index contributed by atoms with van der Waals surface area (Å²) < 4.78 is 0. The zero-order valence-electron chi connectivity index (χ0n) is 13.0. The highest BCUT2D eigenvalue weighted by Crippen LogP contribution is 2.40. The monoisotopic (exact) mass is 319 g/mol. The second-order valence-electron chi connectivity index (χ2n) is 6.49. The van der Waals surface area contributed by atoms with Crippen LogP contribution in [0.1, 0.15) is 62.5 Å². The SMILES string of the molecule is CCc1ccc(C2C(=O)NC3(CCCCCC3)C2=O)c(Cl)c1. The molecular weight excluding hydrogens is 298 g/mol. The molecule has 118 valence electrons. The Morgan fingerprint density at radius 2 is 1.86 bits per heavy atom. The van der Waals surface area contributed by atoms with Crippen molar-refractivity contribution in [1.29, 1.82) is 0 Å². The highest BCUT2D eigenvalue weighted by molar-refractivity contribution is 6.32. The fourth-order valence-electron chi connectivity index (χ4n) is 3.78. The van der Waals surface area contributed by atoms with E-state index in [0.29, 0.717) is 10.6 Å². The molecule has 2 aliphatic rings. The Morgan fingerprint density at radius 3 is 2.45 bits per heavy atom. The molecule has 0 aromatic heterocycles. The summed E-state index contributed by atoms with van der Waals surface area (Å²) in [6.45, 7) is 2.05. The van der Waals surface area contributed by atoms with E-state index in [4.69, 9.17) is 11.6 Å². The van der Waals surface area contributed by atoms with E-state index in [0.717, 1.165) is 50.5 Å². The summed E-state index contributed by atoms with van der Waals surface area (Å²) in [5.74, 6) is -0.903. The molecule has 1 unspecified atom stereocenters. The second kappa shape index (κ2) is 6.04. The number of ketones is 1. The molecule has 0 radical (unpaired) electrons. The van der Waals surface area contributed by atoms with Gasteiger partial charge in [-0.1, -0.05) is 56.3 Å². The summed E-state index contributed by atoms with van der Waals surface area (Å²) >= 11 is 6.35. The Kier molecular flexibility index (Phi) is 4.26. The van der Waals surface area contributed by atoms with Crippen LogP contribution in [0.15, 0.2) is 18.2 Å². The first-order chi connectivity index (χ1) is 10.6. The van der Waals surface area contributed by atoms with Gasteiger partial charge in [0.1, 0.15) is 5.92 Å². The molecule has 3 nitrogen and oxygen atoms in total. The summed E-state index contributed by atoms with van der Waals surface area (Å²) in [5.41, 5.74) is 1.12. The van der Waals surface area contributed by atoms with Gasteiger partial charge < -0.3 is 5.32 Å². The Morgan fingerprint density at radius 1 is 1.18 bits per heavy atom. The Bertz CT molecular complexity index is 603. The third kappa shape index (κ3) is 2.56. The molecule has 2 fully saturated rings. The number of hydrogen-bond acceptors (Lipinski definition) is 2. The maximum absolute atomic E-state index is 13.0. The molecule has 1 N–H and O–H groups in total. The van der Waals surface area contributed by atoms with Crippen LogP contribution in [0, 0.1) is 0 Å². The smallest absolute Gasteiger partial charge is 0.236 e. The van der Waals surface area contributed by atoms with E-state index in [9.17, 15) is 9.59 Å². The van der Waals surface area contributed by atoms with Gasteiger partial charge in [0.25, 0.3) is 0 Å². The van der Waals surface area contributed by atoms with Gasteiger partial charge >= 0.3 is 0 Å². The standard InChI is InChI=1S/C18H22ClNO2/c1-2-12-7-8-13(14(19)11-12)15-16(21)18(20-17(15)22)9-5-3-4-6-10-18/h7-8,11,15H,2-6,9-10H2,1H3,(H,20,22). The summed E-state index contributed by atoms with van der Waals surface area (Å²) in [6.07, 6.45) is 6.69. The third-order valence-corrected chi connectivity index (χ3v) is 5.43. The number of aryl methyl sites for hydroxylation is 1. The Hall–Kier alpha value is -1.35. The Labute approximate surface area is 136 Å². The van der Waals surface area contributed by atoms with Crippen molar-refractivity contribution in [2.45, 2.75) is 63.3 Å². The molecule has 1 saturated carbocycles. The van der Waals surface area contributed by atoms with E-state index in [-0.39, 0.29) is 11.7 Å². The van der Waals surface area contributed by atoms with Crippen molar-refractivity contribution in [2.75, 3.05) is 0 Å². The maximum Gasteiger partial charge on any atom is 0.236 e. The van der Waals surface area contributed by atoms with Crippen molar-refractivity contribution < 1.29 is 9.59 Å². The van der Waals surface area contributed by atoms with Gasteiger partial charge in [-0.3, -0.25) is 9.59 Å². The van der Waals surface area contributed by atoms with E-state index in [1.165, 1.54) is 0 Å². The van der Waals surface area contributed by atoms with Crippen molar-refractivity contribution in [3.63, 3.8) is 0 Å². The van der Waals surface area contributed by atoms with Gasteiger partial charge in [-0.2, -0.15) is 0 Å². The molecule has 4 heteroatoms. The van der Waals surface area contributed by atoms with Crippen LogP contribution in [0.5, 0.6) is 0 Å². The first-order valence-electron chi connectivity index (χ1n) is 8.22. The lowest BCUT2D eigenvalue weighted by molar-refractivity contribution is -0.125. The summed E-state index contributed by atoms with van der Waals surface area (Å²) in [5, 5.41) is 3.54. The summed E-state index contributed by atoms with van der Waals surface area (Å²) in [4.78, 5) is 25.5. The molecule has 1 aliphatic heterocycles. The van der Waals surface area contributed by atoms with Crippen LogP contribution in [0.2, 0.25) is 5.02 Å². The van der Waals surface area contributed by atoms with Crippen LogP contribution >= 0.6 is 11.6 Å². The van der Waals surface area contributed by atoms with E-state index >= 15 is 0 Å². The molecule has 1 aromatic rings. The van der Waals surface area contributed by atoms with E-state index in [1.807, 2.05) is 18.2 Å². The van der Waals surface area contributed by atoms with Crippen molar-refractivity contribution in [3.05, 3.63) is 34.3 Å². The molecular formula is C18H22ClNO2. The van der Waals surface area contributed by atoms with Gasteiger partial charge in [0.05, 0.1) is 5.54 Å². The molecule has 22 heavy (non-hydrogen) atoms. The van der Waals surface area contributed by atoms with Gasteiger partial charge in [-0.25, -0.2) is 0 Å². The van der Waals surface area contributed by atoms with Gasteiger partial charge in [0.2, 0.25) is 5.91 Å². The van der Waals surface area contributed by atoms with Crippen molar-refractivity contribution >= 4 is 23.3 Å². The third-order valence-electron chi connectivity index (χ3n) is 5.10. The fraction of sp³-hybridized carbons (Fsp3) is 0.556. The highest BCUT2D eigenvalue weighted by Gasteiger charge is 2.52. The lowest BCUT2D eigenvalue weighted by Gasteiger charge is -2.25. The number of benzene rings is 1.